The third kappa shape index (κ3) is 11.2. The minimum absolute atomic E-state index is 0.115. The Balaban J connectivity index is 0.000000218. The van der Waals surface area contributed by atoms with E-state index in [1.54, 1.807) is 52.3 Å². The molecule has 0 aromatic heterocycles. The van der Waals surface area contributed by atoms with Gasteiger partial charge in [0, 0.05) is 47.5 Å². The molecule has 1 aliphatic rings. The Morgan fingerprint density at radius 2 is 1.27 bits per heavy atom. The molecule has 0 radical (unpaired) electrons. The summed E-state index contributed by atoms with van der Waals surface area (Å²) in [7, 11) is 1.32. The van der Waals surface area contributed by atoms with E-state index in [1.165, 1.54) is 13.2 Å². The van der Waals surface area contributed by atoms with Gasteiger partial charge in [-0.15, -0.1) is 0 Å². The summed E-state index contributed by atoms with van der Waals surface area (Å²) in [6, 6.07) is 38.4. The van der Waals surface area contributed by atoms with Crippen LogP contribution in [0.4, 0.5) is 4.79 Å². The second-order valence-corrected chi connectivity index (χ2v) is 14.2. The molecule has 55 heavy (non-hydrogen) atoms. The van der Waals surface area contributed by atoms with Gasteiger partial charge in [-0.25, -0.2) is 14.4 Å². The van der Waals surface area contributed by atoms with Crippen molar-refractivity contribution >= 4 is 63.1 Å². The molecule has 0 bridgehead atoms. The van der Waals surface area contributed by atoms with Gasteiger partial charge in [0.25, 0.3) is 0 Å². The Morgan fingerprint density at radius 3 is 1.82 bits per heavy atom. The number of amides is 2. The summed E-state index contributed by atoms with van der Waals surface area (Å²) in [4.78, 5) is 52.5. The first-order chi connectivity index (χ1) is 26.6. The van der Waals surface area contributed by atoms with Gasteiger partial charge < -0.3 is 24.4 Å². The maximum Gasteiger partial charge on any atom is 0.339 e. The highest BCUT2D eigenvalue weighted by Gasteiger charge is 2.34. The van der Waals surface area contributed by atoms with Crippen molar-refractivity contribution in [2.24, 2.45) is 5.92 Å². The number of carboxylic acids is 1. The number of hydrogen-bond donors (Lipinski definition) is 1. The van der Waals surface area contributed by atoms with Crippen molar-refractivity contribution in [1.29, 1.82) is 0 Å². The quantitative estimate of drug-likeness (QED) is 0.0983. The third-order valence-corrected chi connectivity index (χ3v) is 10.2. The monoisotopic (exact) mass is 844 g/mol. The van der Waals surface area contributed by atoms with Gasteiger partial charge in [-0.3, -0.25) is 4.79 Å². The highest BCUT2D eigenvalue weighted by atomic mass is 79.9. The van der Waals surface area contributed by atoms with E-state index in [0.29, 0.717) is 39.6 Å². The molecule has 1 heterocycles. The van der Waals surface area contributed by atoms with E-state index in [4.69, 9.17) is 32.7 Å². The largest absolute Gasteiger partial charge is 0.478 e. The van der Waals surface area contributed by atoms with E-state index in [9.17, 15) is 24.3 Å². The molecule has 1 saturated heterocycles. The summed E-state index contributed by atoms with van der Waals surface area (Å²) in [6.07, 6.45) is -0.283. The molecule has 1 N–H and O–H groups in total. The molecule has 2 amide bonds. The van der Waals surface area contributed by atoms with Crippen molar-refractivity contribution in [2.45, 2.75) is 30.9 Å². The number of esters is 2. The highest BCUT2D eigenvalue weighted by molar-refractivity contribution is 9.08. The molecule has 0 spiro atoms. The summed E-state index contributed by atoms with van der Waals surface area (Å²) >= 11 is 15.7. The Kier molecular flexibility index (Phi) is 14.9. The van der Waals surface area contributed by atoms with E-state index in [1.807, 2.05) is 78.9 Å². The van der Waals surface area contributed by atoms with Gasteiger partial charge in [0.1, 0.15) is 0 Å². The fourth-order valence-electron chi connectivity index (χ4n) is 6.27. The molecule has 12 heteroatoms. The highest BCUT2D eigenvalue weighted by Crippen LogP contribution is 2.29. The lowest BCUT2D eigenvalue weighted by molar-refractivity contribution is -0.142. The Morgan fingerprint density at radius 1 is 0.745 bits per heavy atom. The number of urea groups is 1. The van der Waals surface area contributed by atoms with Gasteiger partial charge in [-0.1, -0.05) is 142 Å². The minimum atomic E-state index is -1.06. The summed E-state index contributed by atoms with van der Waals surface area (Å²) in [5.41, 5.74) is 4.80. The number of benzene rings is 5. The molecule has 9 nitrogen and oxygen atoms in total. The number of aromatic carboxylic acids is 1. The zero-order valence-electron chi connectivity index (χ0n) is 29.9. The maximum absolute atomic E-state index is 13.2. The van der Waals surface area contributed by atoms with Crippen LogP contribution in [0.1, 0.15) is 61.1 Å². The molecule has 0 saturated carbocycles. The fraction of sp³-hybridized carbons (Fsp3) is 0.209. The second kappa shape index (κ2) is 20.0. The Labute approximate surface area is 338 Å². The zero-order valence-corrected chi connectivity index (χ0v) is 33.0. The van der Waals surface area contributed by atoms with E-state index >= 15 is 0 Å². The number of rotatable bonds is 12. The second-order valence-electron chi connectivity index (χ2n) is 12.8. The lowest BCUT2D eigenvalue weighted by Gasteiger charge is -2.40. The Bertz CT molecular complexity index is 2060. The summed E-state index contributed by atoms with van der Waals surface area (Å²) < 4.78 is 10.7. The molecule has 1 unspecified atom stereocenters. The lowest BCUT2D eigenvalue weighted by Crippen LogP contribution is -2.53. The van der Waals surface area contributed by atoms with Crippen LogP contribution in [0.25, 0.3) is 0 Å². The van der Waals surface area contributed by atoms with Crippen molar-refractivity contribution in [3.8, 4) is 0 Å². The fourth-order valence-corrected chi connectivity index (χ4v) is 7.23. The SMILES string of the molecule is COC(=O)CC1CN(Cc2ccc(Cl)cc2Cl)C(=O)N(Cc2ccccc2C(=O)O)C1.O=C(OC(c1ccccc1)c1ccccc1)c1ccccc1CBr. The normalized spacial score (nSPS) is 13.8. The molecular formula is C43H39BrCl2N2O7. The van der Waals surface area contributed by atoms with E-state index in [2.05, 4.69) is 15.9 Å². The van der Waals surface area contributed by atoms with E-state index < -0.39 is 12.1 Å². The van der Waals surface area contributed by atoms with Crippen LogP contribution in [-0.2, 0) is 32.7 Å². The first kappa shape index (κ1) is 41.0. The van der Waals surface area contributed by atoms with Gasteiger partial charge >= 0.3 is 23.9 Å². The van der Waals surface area contributed by atoms with Gasteiger partial charge in [0.05, 0.1) is 24.7 Å². The van der Waals surface area contributed by atoms with Crippen LogP contribution in [0.5, 0.6) is 0 Å². The smallest absolute Gasteiger partial charge is 0.339 e. The molecule has 0 aliphatic carbocycles. The molecule has 5 aromatic rings. The van der Waals surface area contributed by atoms with E-state index in [0.717, 1.165) is 22.3 Å². The minimum Gasteiger partial charge on any atom is -0.478 e. The number of hydrogen-bond acceptors (Lipinski definition) is 6. The number of ether oxygens (including phenoxy) is 2. The number of alkyl halides is 1. The first-order valence-electron chi connectivity index (χ1n) is 17.4. The summed E-state index contributed by atoms with van der Waals surface area (Å²) in [5.74, 6) is -1.92. The maximum atomic E-state index is 13.2. The number of halogens is 3. The van der Waals surface area contributed by atoms with Crippen LogP contribution >= 0.6 is 39.1 Å². The van der Waals surface area contributed by atoms with Crippen LogP contribution in [0, 0.1) is 5.92 Å². The van der Waals surface area contributed by atoms with Crippen molar-refractivity contribution in [1.82, 2.24) is 9.80 Å². The third-order valence-electron chi connectivity index (χ3n) is 8.98. The van der Waals surface area contributed by atoms with Crippen LogP contribution in [0.3, 0.4) is 0 Å². The lowest BCUT2D eigenvalue weighted by atomic mass is 10.00. The average Bonchev–Trinajstić information content (AvgIpc) is 3.20. The van der Waals surface area contributed by atoms with Crippen LogP contribution in [-0.4, -0.2) is 59.0 Å². The van der Waals surface area contributed by atoms with Crippen LogP contribution in [0.2, 0.25) is 10.0 Å². The standard InChI is InChI=1S/C22H22Cl2N2O5.C21H17BrO2/c1-31-20(27)8-14-10-25(12-15-4-2-3-5-18(15)21(28)29)22(30)26(11-14)13-16-6-7-17(23)9-19(16)24;22-15-18-13-7-8-14-19(18)21(23)24-20(16-9-3-1-4-10-16)17-11-5-2-6-12-17/h2-7,9,14H,8,10-13H2,1H3,(H,28,29);1-14,20H,15H2. The molecule has 6 rings (SSSR count). The van der Waals surface area contributed by atoms with Gasteiger partial charge in [-0.05, 0) is 52.1 Å². The van der Waals surface area contributed by atoms with Crippen molar-refractivity contribution in [3.05, 3.63) is 176 Å². The molecule has 1 fully saturated rings. The molecule has 5 aromatic carbocycles. The van der Waals surface area contributed by atoms with E-state index in [-0.39, 0.29) is 49.0 Å². The first-order valence-corrected chi connectivity index (χ1v) is 19.3. The number of carboxylic acid groups (broad SMARTS) is 1. The van der Waals surface area contributed by atoms with Crippen molar-refractivity contribution < 1.29 is 33.8 Å². The predicted molar refractivity (Wildman–Crippen MR) is 215 cm³/mol. The number of carbonyl (C=O) groups is 4. The summed E-state index contributed by atoms with van der Waals surface area (Å²) in [6.45, 7) is 1.02. The van der Waals surface area contributed by atoms with Gasteiger partial charge in [-0.2, -0.15) is 0 Å². The molecular weight excluding hydrogens is 807 g/mol. The molecule has 1 aliphatic heterocycles. The van der Waals surface area contributed by atoms with Gasteiger partial charge in [0.2, 0.25) is 0 Å². The Hall–Kier alpha value is -5.16. The van der Waals surface area contributed by atoms with Gasteiger partial charge in [0.15, 0.2) is 6.10 Å². The predicted octanol–water partition coefficient (Wildman–Crippen LogP) is 9.84. The van der Waals surface area contributed by atoms with Crippen molar-refractivity contribution in [2.75, 3.05) is 20.2 Å². The van der Waals surface area contributed by atoms with Crippen LogP contribution < -0.4 is 0 Å². The van der Waals surface area contributed by atoms with Crippen LogP contribution in [0.15, 0.2) is 127 Å². The molecule has 284 valence electrons. The molecule has 1 atom stereocenters. The number of nitrogens with zero attached hydrogens (tertiary/aromatic N) is 2. The topological polar surface area (TPSA) is 113 Å². The zero-order chi connectivity index (χ0) is 39.3. The number of methoxy groups -OCH3 is 1. The number of carbonyl (C=O) groups excluding carboxylic acids is 3. The van der Waals surface area contributed by atoms with Crippen molar-refractivity contribution in [3.63, 3.8) is 0 Å². The average molecular weight is 847 g/mol. The summed E-state index contributed by atoms with van der Waals surface area (Å²) in [5, 5.41) is 11.0.